The highest BCUT2D eigenvalue weighted by Crippen LogP contribution is 2.23. The minimum Gasteiger partial charge on any atom is -0.493 e. The molecule has 3 amide bonds. The normalized spacial score (nSPS) is 10.2. The number of hydrazine groups is 1. The van der Waals surface area contributed by atoms with Crippen molar-refractivity contribution in [3.8, 4) is 5.75 Å². The number of hydrogen-bond acceptors (Lipinski definition) is 4. The van der Waals surface area contributed by atoms with Crippen molar-refractivity contribution >= 4 is 39.3 Å². The summed E-state index contributed by atoms with van der Waals surface area (Å²) in [5, 5.41) is 2.77. The van der Waals surface area contributed by atoms with E-state index in [9.17, 15) is 14.4 Å². The molecule has 8 heteroatoms. The third-order valence-electron chi connectivity index (χ3n) is 4.67. The average molecular weight is 510 g/mol. The Bertz CT molecular complexity index is 1120. The lowest BCUT2D eigenvalue weighted by Gasteiger charge is -2.13. The molecule has 0 saturated heterocycles. The third kappa shape index (κ3) is 6.92. The summed E-state index contributed by atoms with van der Waals surface area (Å²) in [4.78, 5) is 37.3. The molecule has 0 aromatic heterocycles. The van der Waals surface area contributed by atoms with Crippen LogP contribution in [-0.4, -0.2) is 24.3 Å². The fourth-order valence-electron chi connectivity index (χ4n) is 2.88. The molecule has 0 fully saturated rings. The minimum atomic E-state index is -0.497. The zero-order valence-corrected chi connectivity index (χ0v) is 19.6. The molecule has 0 atom stereocenters. The number of carbonyl (C=O) groups is 3. The van der Waals surface area contributed by atoms with E-state index in [1.807, 2.05) is 6.07 Å². The van der Waals surface area contributed by atoms with Gasteiger partial charge in [-0.3, -0.25) is 25.2 Å². The fraction of sp³-hybridized carbons (Fsp3) is 0.160. The number of rotatable bonds is 8. The number of hydrogen-bond donors (Lipinski definition) is 3. The summed E-state index contributed by atoms with van der Waals surface area (Å²) in [5.41, 5.74) is 6.52. The first-order valence-electron chi connectivity index (χ1n) is 10.5. The van der Waals surface area contributed by atoms with Crippen molar-refractivity contribution in [2.45, 2.75) is 19.8 Å². The third-order valence-corrected chi connectivity index (χ3v) is 5.17. The van der Waals surface area contributed by atoms with E-state index < -0.39 is 11.8 Å². The molecule has 0 aliphatic heterocycles. The van der Waals surface area contributed by atoms with E-state index >= 15 is 0 Å². The Hall–Kier alpha value is -3.65. The molecule has 0 aliphatic rings. The van der Waals surface area contributed by atoms with Gasteiger partial charge in [-0.25, -0.2) is 0 Å². The highest BCUT2D eigenvalue weighted by molar-refractivity contribution is 9.10. The molecule has 3 aromatic rings. The number of nitrogens with one attached hydrogen (secondary N) is 3. The number of halogens is 1. The topological polar surface area (TPSA) is 96.5 Å². The summed E-state index contributed by atoms with van der Waals surface area (Å²) >= 11 is 3.35. The predicted octanol–water partition coefficient (Wildman–Crippen LogP) is 4.96. The summed E-state index contributed by atoms with van der Waals surface area (Å²) in [6.45, 7) is 2.55. The van der Waals surface area contributed by atoms with Crippen LogP contribution in [-0.2, 0) is 0 Å². The van der Waals surface area contributed by atoms with Crippen LogP contribution in [0.15, 0.2) is 77.3 Å². The van der Waals surface area contributed by atoms with E-state index in [0.717, 1.165) is 17.3 Å². The molecule has 33 heavy (non-hydrogen) atoms. The van der Waals surface area contributed by atoms with Crippen LogP contribution >= 0.6 is 15.9 Å². The van der Waals surface area contributed by atoms with Gasteiger partial charge in [-0.05, 0) is 61.0 Å². The van der Waals surface area contributed by atoms with Crippen molar-refractivity contribution in [2.24, 2.45) is 0 Å². The van der Waals surface area contributed by atoms with Gasteiger partial charge in [0, 0.05) is 21.3 Å². The van der Waals surface area contributed by atoms with Crippen LogP contribution < -0.4 is 20.9 Å². The van der Waals surface area contributed by atoms with Gasteiger partial charge in [-0.15, -0.1) is 0 Å². The molecular formula is C25H24BrN3O4. The van der Waals surface area contributed by atoms with Crippen molar-refractivity contribution in [1.82, 2.24) is 10.9 Å². The van der Waals surface area contributed by atoms with Gasteiger partial charge in [0.25, 0.3) is 17.7 Å². The molecule has 170 valence electrons. The molecule has 0 aliphatic carbocycles. The molecule has 0 bridgehead atoms. The van der Waals surface area contributed by atoms with Gasteiger partial charge < -0.3 is 10.1 Å². The van der Waals surface area contributed by atoms with Crippen LogP contribution in [0.3, 0.4) is 0 Å². The smallest absolute Gasteiger partial charge is 0.273 e. The molecule has 0 saturated carbocycles. The summed E-state index contributed by atoms with van der Waals surface area (Å²) in [6.07, 6.45) is 1.85. The summed E-state index contributed by atoms with van der Waals surface area (Å²) in [6, 6.07) is 20.3. The molecule has 0 spiro atoms. The Morgan fingerprint density at radius 2 is 1.48 bits per heavy atom. The Balaban J connectivity index is 1.58. The lowest BCUT2D eigenvalue weighted by atomic mass is 10.1. The molecular weight excluding hydrogens is 486 g/mol. The molecule has 7 nitrogen and oxygen atoms in total. The van der Waals surface area contributed by atoms with Crippen molar-refractivity contribution in [3.05, 3.63) is 94.0 Å². The van der Waals surface area contributed by atoms with E-state index in [2.05, 4.69) is 39.0 Å². The van der Waals surface area contributed by atoms with E-state index in [-0.39, 0.29) is 5.91 Å². The molecule has 3 aromatic carbocycles. The number of unbranched alkanes of at least 4 members (excludes halogenated alkanes) is 1. The quantitative estimate of drug-likeness (QED) is 0.295. The van der Waals surface area contributed by atoms with Crippen LogP contribution in [0.4, 0.5) is 5.69 Å². The summed E-state index contributed by atoms with van der Waals surface area (Å²) in [5.74, 6) is -0.793. The van der Waals surface area contributed by atoms with Crippen LogP contribution in [0.1, 0.15) is 50.8 Å². The number of anilines is 1. The predicted molar refractivity (Wildman–Crippen MR) is 130 cm³/mol. The van der Waals surface area contributed by atoms with Crippen LogP contribution in [0.2, 0.25) is 0 Å². The first kappa shape index (κ1) is 24.0. The lowest BCUT2D eigenvalue weighted by Crippen LogP contribution is -2.41. The zero-order valence-electron chi connectivity index (χ0n) is 18.1. The van der Waals surface area contributed by atoms with Crippen LogP contribution in [0.25, 0.3) is 0 Å². The van der Waals surface area contributed by atoms with Gasteiger partial charge in [0.2, 0.25) is 0 Å². The van der Waals surface area contributed by atoms with E-state index in [1.165, 1.54) is 0 Å². The minimum absolute atomic E-state index is 0.244. The SMILES string of the molecule is CCCCOc1ccc(Br)cc1C(=O)NNC(=O)c1ccc(NC(=O)c2ccccc2)cc1. The second-order valence-corrected chi connectivity index (χ2v) is 8.06. The van der Waals surface area contributed by atoms with Gasteiger partial charge in [-0.1, -0.05) is 47.5 Å². The van der Waals surface area contributed by atoms with Crippen molar-refractivity contribution in [2.75, 3.05) is 11.9 Å². The number of carbonyl (C=O) groups excluding carboxylic acids is 3. The maximum atomic E-state index is 12.6. The average Bonchev–Trinajstić information content (AvgIpc) is 2.84. The van der Waals surface area contributed by atoms with E-state index in [1.54, 1.807) is 66.7 Å². The Kier molecular flexibility index (Phi) is 8.60. The molecule has 3 rings (SSSR count). The largest absolute Gasteiger partial charge is 0.493 e. The van der Waals surface area contributed by atoms with Gasteiger partial charge >= 0.3 is 0 Å². The summed E-state index contributed by atoms with van der Waals surface area (Å²) < 4.78 is 6.41. The van der Waals surface area contributed by atoms with E-state index in [4.69, 9.17) is 4.74 Å². The van der Waals surface area contributed by atoms with Gasteiger partial charge in [-0.2, -0.15) is 0 Å². The monoisotopic (exact) mass is 509 g/mol. The van der Waals surface area contributed by atoms with E-state index in [0.29, 0.717) is 34.7 Å². The molecule has 0 heterocycles. The maximum Gasteiger partial charge on any atom is 0.273 e. The zero-order chi connectivity index (χ0) is 23.6. The molecule has 3 N–H and O–H groups in total. The Morgan fingerprint density at radius 1 is 0.818 bits per heavy atom. The maximum absolute atomic E-state index is 12.6. The van der Waals surface area contributed by atoms with Gasteiger partial charge in [0.1, 0.15) is 5.75 Å². The molecule has 0 unspecified atom stereocenters. The lowest BCUT2D eigenvalue weighted by molar-refractivity contribution is 0.0844. The van der Waals surface area contributed by atoms with Gasteiger partial charge in [0.05, 0.1) is 12.2 Å². The second kappa shape index (κ2) is 11.8. The Labute approximate surface area is 200 Å². The highest BCUT2D eigenvalue weighted by atomic mass is 79.9. The number of amides is 3. The second-order valence-electron chi connectivity index (χ2n) is 7.15. The van der Waals surface area contributed by atoms with Crippen LogP contribution in [0, 0.1) is 0 Å². The number of ether oxygens (including phenoxy) is 1. The van der Waals surface area contributed by atoms with Crippen molar-refractivity contribution in [1.29, 1.82) is 0 Å². The Morgan fingerprint density at radius 3 is 2.18 bits per heavy atom. The van der Waals surface area contributed by atoms with Crippen LogP contribution in [0.5, 0.6) is 5.75 Å². The standard InChI is InChI=1S/C25H24BrN3O4/c1-2-3-15-33-22-14-11-19(26)16-21(22)25(32)29-28-24(31)18-9-12-20(13-10-18)27-23(30)17-7-5-4-6-8-17/h4-14,16H,2-3,15H2,1H3,(H,27,30)(H,28,31)(H,29,32). The fourth-order valence-corrected chi connectivity index (χ4v) is 3.24. The van der Waals surface area contributed by atoms with Gasteiger partial charge in [0.15, 0.2) is 0 Å². The summed E-state index contributed by atoms with van der Waals surface area (Å²) in [7, 11) is 0. The van der Waals surface area contributed by atoms with Crippen molar-refractivity contribution < 1.29 is 19.1 Å². The van der Waals surface area contributed by atoms with Crippen molar-refractivity contribution in [3.63, 3.8) is 0 Å². The highest BCUT2D eigenvalue weighted by Gasteiger charge is 2.15. The molecule has 0 radical (unpaired) electrons. The first-order valence-corrected chi connectivity index (χ1v) is 11.3. The number of benzene rings is 3. The first-order chi connectivity index (χ1) is 16.0.